The number of anilines is 1. The van der Waals surface area contributed by atoms with Crippen molar-refractivity contribution in [2.45, 2.75) is 26.2 Å². The zero-order chi connectivity index (χ0) is 19.1. The number of hydrogen-bond donors (Lipinski definition) is 0. The van der Waals surface area contributed by atoms with Crippen LogP contribution < -0.4 is 4.90 Å². The molecule has 1 aromatic carbocycles. The molecule has 0 N–H and O–H groups in total. The number of amides is 1. The van der Waals surface area contributed by atoms with Crippen LogP contribution in [0.15, 0.2) is 42.7 Å². The number of carbonyl (C=O) groups excluding carboxylic acids is 1. The molecule has 4 heterocycles. The second-order valence-electron chi connectivity index (χ2n) is 8.00. The third-order valence-corrected chi connectivity index (χ3v) is 6.18. The van der Waals surface area contributed by atoms with E-state index in [0.29, 0.717) is 5.91 Å². The summed E-state index contributed by atoms with van der Waals surface area (Å²) >= 11 is 0. The van der Waals surface area contributed by atoms with Gasteiger partial charge in [-0.05, 0) is 37.8 Å². The summed E-state index contributed by atoms with van der Waals surface area (Å²) in [6.07, 6.45) is 4.37. The van der Waals surface area contributed by atoms with Gasteiger partial charge in [-0.1, -0.05) is 30.3 Å². The summed E-state index contributed by atoms with van der Waals surface area (Å²) < 4.78 is 1.72. The normalized spacial score (nSPS) is 22.1. The Labute approximate surface area is 164 Å². The van der Waals surface area contributed by atoms with E-state index in [1.807, 2.05) is 13.0 Å². The van der Waals surface area contributed by atoms with Gasteiger partial charge in [0.15, 0.2) is 0 Å². The lowest BCUT2D eigenvalue weighted by atomic mass is 9.85. The van der Waals surface area contributed by atoms with Crippen LogP contribution in [0.2, 0.25) is 0 Å². The minimum Gasteiger partial charge on any atom is -0.367 e. The van der Waals surface area contributed by atoms with Crippen molar-refractivity contribution < 1.29 is 4.79 Å². The van der Waals surface area contributed by atoms with Crippen molar-refractivity contribution in [2.75, 3.05) is 31.1 Å². The summed E-state index contributed by atoms with van der Waals surface area (Å²) in [5.74, 6) is 0.314. The Bertz CT molecular complexity index is 1020. The molecule has 2 saturated heterocycles. The second-order valence-corrected chi connectivity index (χ2v) is 8.00. The molecule has 2 aromatic heterocycles. The van der Waals surface area contributed by atoms with Crippen LogP contribution in [-0.2, 0) is 11.2 Å². The van der Waals surface area contributed by atoms with E-state index in [-0.39, 0.29) is 5.41 Å². The van der Waals surface area contributed by atoms with Crippen LogP contribution in [0.1, 0.15) is 24.1 Å². The first kappa shape index (κ1) is 17.2. The van der Waals surface area contributed by atoms with Gasteiger partial charge < -0.3 is 9.80 Å². The molecule has 1 atom stereocenters. The third kappa shape index (κ3) is 2.82. The van der Waals surface area contributed by atoms with Crippen molar-refractivity contribution in [3.63, 3.8) is 0 Å². The van der Waals surface area contributed by atoms with Gasteiger partial charge in [0, 0.05) is 26.2 Å². The van der Waals surface area contributed by atoms with E-state index in [0.717, 1.165) is 62.5 Å². The first-order valence-corrected chi connectivity index (χ1v) is 9.91. The molecule has 7 nitrogen and oxygen atoms in total. The molecule has 28 heavy (non-hydrogen) atoms. The molecular formula is C21H24N6O. The number of fused-ring (bicyclic) bond motifs is 1. The smallest absolute Gasteiger partial charge is 0.230 e. The lowest BCUT2D eigenvalue weighted by molar-refractivity contribution is -0.135. The van der Waals surface area contributed by atoms with Crippen molar-refractivity contribution in [1.82, 2.24) is 24.7 Å². The Hall–Kier alpha value is -2.96. The minimum atomic E-state index is -0.259. The molecule has 0 bridgehead atoms. The SMILES string of the molecule is Cc1cc(N2CCC3(CCN(CCc4ccccc4)C3=O)C2)c2nncn2n1. The Kier molecular flexibility index (Phi) is 4.03. The molecule has 0 radical (unpaired) electrons. The third-order valence-electron chi connectivity index (χ3n) is 6.18. The molecule has 1 unspecified atom stereocenters. The van der Waals surface area contributed by atoms with Gasteiger partial charge in [-0.25, -0.2) is 0 Å². The van der Waals surface area contributed by atoms with Crippen LogP contribution in [-0.4, -0.2) is 56.8 Å². The second kappa shape index (κ2) is 6.58. The van der Waals surface area contributed by atoms with Crippen molar-refractivity contribution in [2.24, 2.45) is 5.41 Å². The van der Waals surface area contributed by atoms with Crippen molar-refractivity contribution in [1.29, 1.82) is 0 Å². The molecule has 7 heteroatoms. The maximum absolute atomic E-state index is 13.3. The summed E-state index contributed by atoms with van der Waals surface area (Å²) in [6.45, 7) is 5.24. The van der Waals surface area contributed by atoms with Gasteiger partial charge >= 0.3 is 0 Å². The summed E-state index contributed by atoms with van der Waals surface area (Å²) in [5.41, 5.74) is 3.73. The summed E-state index contributed by atoms with van der Waals surface area (Å²) in [6, 6.07) is 12.4. The molecular weight excluding hydrogens is 352 g/mol. The summed E-state index contributed by atoms with van der Waals surface area (Å²) in [4.78, 5) is 17.6. The summed E-state index contributed by atoms with van der Waals surface area (Å²) in [7, 11) is 0. The van der Waals surface area contributed by atoms with Crippen LogP contribution in [0, 0.1) is 12.3 Å². The summed E-state index contributed by atoms with van der Waals surface area (Å²) in [5, 5.41) is 12.6. The van der Waals surface area contributed by atoms with Gasteiger partial charge in [-0.3, -0.25) is 4.79 Å². The van der Waals surface area contributed by atoms with E-state index in [4.69, 9.17) is 0 Å². The lowest BCUT2D eigenvalue weighted by Crippen LogP contribution is -2.37. The van der Waals surface area contributed by atoms with E-state index in [2.05, 4.69) is 55.4 Å². The van der Waals surface area contributed by atoms with E-state index >= 15 is 0 Å². The maximum atomic E-state index is 13.3. The fourth-order valence-corrected chi connectivity index (χ4v) is 4.64. The number of aryl methyl sites for hydroxylation is 1. The highest BCUT2D eigenvalue weighted by Crippen LogP contribution is 2.42. The molecule has 1 amide bonds. The van der Waals surface area contributed by atoms with Crippen molar-refractivity contribution >= 4 is 17.2 Å². The standard InChI is InChI=1S/C21H24N6O/c1-16-13-18(19-23-22-15-27(19)24-16)26-12-9-21(14-26)8-11-25(20(21)28)10-7-17-5-3-2-4-6-17/h2-6,13,15H,7-12,14H2,1H3. The zero-order valence-electron chi connectivity index (χ0n) is 16.1. The average molecular weight is 376 g/mol. The highest BCUT2D eigenvalue weighted by atomic mass is 16.2. The Morgan fingerprint density at radius 1 is 1.14 bits per heavy atom. The number of aromatic nitrogens is 4. The largest absolute Gasteiger partial charge is 0.367 e. The Morgan fingerprint density at radius 2 is 1.96 bits per heavy atom. The van der Waals surface area contributed by atoms with Gasteiger partial charge in [-0.15, -0.1) is 10.2 Å². The van der Waals surface area contributed by atoms with Crippen LogP contribution in [0.4, 0.5) is 5.69 Å². The highest BCUT2D eigenvalue weighted by molar-refractivity contribution is 5.87. The molecule has 0 saturated carbocycles. The predicted octanol–water partition coefficient (Wildman–Crippen LogP) is 2.10. The number of carbonyl (C=O) groups is 1. The van der Waals surface area contributed by atoms with Crippen LogP contribution >= 0.6 is 0 Å². The maximum Gasteiger partial charge on any atom is 0.230 e. The zero-order valence-corrected chi connectivity index (χ0v) is 16.1. The van der Waals surface area contributed by atoms with Gasteiger partial charge in [0.1, 0.15) is 6.33 Å². The minimum absolute atomic E-state index is 0.259. The molecule has 1 spiro atoms. The van der Waals surface area contributed by atoms with E-state index in [9.17, 15) is 4.79 Å². The number of benzene rings is 1. The van der Waals surface area contributed by atoms with Gasteiger partial charge in [-0.2, -0.15) is 9.61 Å². The average Bonchev–Trinajstić information content (AvgIpc) is 3.42. The van der Waals surface area contributed by atoms with Crippen LogP contribution in [0.5, 0.6) is 0 Å². The topological polar surface area (TPSA) is 66.6 Å². The fourth-order valence-electron chi connectivity index (χ4n) is 4.64. The molecule has 2 aliphatic rings. The molecule has 0 aliphatic carbocycles. The molecule has 3 aromatic rings. The quantitative estimate of drug-likeness (QED) is 0.698. The van der Waals surface area contributed by atoms with E-state index in [1.54, 1.807) is 10.8 Å². The number of nitrogens with zero attached hydrogens (tertiary/aromatic N) is 6. The number of hydrogen-bond acceptors (Lipinski definition) is 5. The molecule has 5 rings (SSSR count). The van der Waals surface area contributed by atoms with Crippen molar-refractivity contribution in [3.05, 3.63) is 54.0 Å². The van der Waals surface area contributed by atoms with Crippen LogP contribution in [0.3, 0.4) is 0 Å². The lowest BCUT2D eigenvalue weighted by Gasteiger charge is -2.24. The fraction of sp³-hybridized carbons (Fsp3) is 0.429. The Balaban J connectivity index is 1.32. The molecule has 2 aliphatic heterocycles. The number of rotatable bonds is 4. The monoisotopic (exact) mass is 376 g/mol. The van der Waals surface area contributed by atoms with E-state index in [1.165, 1.54) is 5.56 Å². The van der Waals surface area contributed by atoms with Gasteiger partial charge in [0.25, 0.3) is 0 Å². The van der Waals surface area contributed by atoms with Gasteiger partial charge in [0.2, 0.25) is 11.6 Å². The van der Waals surface area contributed by atoms with Crippen LogP contribution in [0.25, 0.3) is 5.65 Å². The Morgan fingerprint density at radius 3 is 2.82 bits per heavy atom. The predicted molar refractivity (Wildman–Crippen MR) is 106 cm³/mol. The first-order valence-electron chi connectivity index (χ1n) is 9.91. The molecule has 144 valence electrons. The number of likely N-dealkylation sites (tertiary alicyclic amines) is 1. The van der Waals surface area contributed by atoms with Crippen molar-refractivity contribution in [3.8, 4) is 0 Å². The van der Waals surface area contributed by atoms with E-state index < -0.39 is 0 Å². The highest BCUT2D eigenvalue weighted by Gasteiger charge is 2.50. The molecule has 2 fully saturated rings. The van der Waals surface area contributed by atoms with Gasteiger partial charge in [0.05, 0.1) is 16.8 Å². The first-order chi connectivity index (χ1) is 13.6.